The van der Waals surface area contributed by atoms with E-state index in [1.807, 2.05) is 18.7 Å². The molecule has 0 spiro atoms. The number of aliphatic hydroxyl groups is 1. The van der Waals surface area contributed by atoms with Crippen molar-refractivity contribution in [3.8, 4) is 0 Å². The lowest BCUT2D eigenvalue weighted by Gasteiger charge is -2.14. The first kappa shape index (κ1) is 31.7. The van der Waals surface area contributed by atoms with Crippen LogP contribution in [0.4, 0.5) is 8.78 Å². The van der Waals surface area contributed by atoms with Crippen LogP contribution in [0.3, 0.4) is 0 Å². The maximum atomic E-state index is 12.9. The van der Waals surface area contributed by atoms with Gasteiger partial charge in [0.2, 0.25) is 0 Å². The Morgan fingerprint density at radius 3 is 1.63 bits per heavy atom. The monoisotopic (exact) mass is 488 g/mol. The Bertz CT molecular complexity index is 924. The molecule has 0 aliphatic carbocycles. The number of halogens is 2. The van der Waals surface area contributed by atoms with Gasteiger partial charge in [0.05, 0.1) is 6.26 Å². The molecule has 0 aliphatic rings. The van der Waals surface area contributed by atoms with Crippen molar-refractivity contribution >= 4 is 11.6 Å². The van der Waals surface area contributed by atoms with Crippen molar-refractivity contribution in [3.63, 3.8) is 0 Å². The summed E-state index contributed by atoms with van der Waals surface area (Å²) < 4.78 is 25.5. The highest BCUT2D eigenvalue weighted by Crippen LogP contribution is 2.06. The van der Waals surface area contributed by atoms with Crippen LogP contribution in [-0.2, 0) is 22.4 Å². The van der Waals surface area contributed by atoms with Gasteiger partial charge in [-0.2, -0.15) is 0 Å². The topological polar surface area (TPSA) is 69.6 Å². The molecule has 2 aromatic carbocycles. The Morgan fingerprint density at radius 1 is 0.829 bits per heavy atom. The lowest BCUT2D eigenvalue weighted by molar-refractivity contribution is -0.114. The number of rotatable bonds is 11. The first-order chi connectivity index (χ1) is 16.8. The SMILES string of the molecule is CCN(/C=C/C(=O)Cc1cccc(F)c1)CC.CCNCC.O=C(/C=C\O)Cc1cccc(F)c1. The fourth-order valence-corrected chi connectivity index (χ4v) is 2.77. The fraction of sp³-hybridized carbons (Fsp3) is 0.357. The molecule has 2 rings (SSSR count). The smallest absolute Gasteiger partial charge is 0.163 e. The number of hydrogen-bond donors (Lipinski definition) is 2. The number of nitrogens with one attached hydrogen (secondary N) is 1. The van der Waals surface area contributed by atoms with Crippen LogP contribution in [-0.4, -0.2) is 47.8 Å². The molecular formula is C28H38F2N2O3. The molecule has 2 aromatic rings. The fourth-order valence-electron chi connectivity index (χ4n) is 2.77. The summed E-state index contributed by atoms with van der Waals surface area (Å²) in [6.07, 6.45) is 5.43. The van der Waals surface area contributed by atoms with Gasteiger partial charge < -0.3 is 15.3 Å². The van der Waals surface area contributed by atoms with E-state index in [9.17, 15) is 18.4 Å². The van der Waals surface area contributed by atoms with E-state index >= 15 is 0 Å². The number of ketones is 2. The molecule has 0 atom stereocenters. The number of carbonyl (C=O) groups is 2. The first-order valence-corrected chi connectivity index (χ1v) is 11.8. The van der Waals surface area contributed by atoms with E-state index in [1.165, 1.54) is 24.3 Å². The van der Waals surface area contributed by atoms with Gasteiger partial charge in [-0.15, -0.1) is 0 Å². The van der Waals surface area contributed by atoms with Crippen LogP contribution in [0.1, 0.15) is 38.8 Å². The minimum absolute atomic E-state index is 0.0116. The molecule has 0 unspecified atom stereocenters. The van der Waals surface area contributed by atoms with E-state index in [0.717, 1.165) is 32.3 Å². The summed E-state index contributed by atoms with van der Waals surface area (Å²) in [4.78, 5) is 24.6. The molecule has 35 heavy (non-hydrogen) atoms. The quantitative estimate of drug-likeness (QED) is 0.327. The number of hydrogen-bond acceptors (Lipinski definition) is 5. The molecule has 0 radical (unpaired) electrons. The molecule has 0 heterocycles. The standard InChI is InChI=1S/C14H18FNO.C10H9FO2.C4H11N/c1-3-16(4-2)9-8-14(17)11-12-6-5-7-13(15)10-12;11-9-3-1-2-8(6-9)7-10(13)4-5-12;1-3-5-4-2/h5-10H,3-4,11H2,1-2H3;1-6,12H,7H2;5H,3-4H2,1-2H3/b9-8+;5-4-;. The summed E-state index contributed by atoms with van der Waals surface area (Å²) in [6.45, 7) is 12.2. The van der Waals surface area contributed by atoms with Gasteiger partial charge in [-0.1, -0.05) is 38.1 Å². The van der Waals surface area contributed by atoms with Gasteiger partial charge in [0.25, 0.3) is 0 Å². The lowest BCUT2D eigenvalue weighted by Crippen LogP contribution is -2.16. The number of aliphatic hydroxyl groups excluding tert-OH is 1. The van der Waals surface area contributed by atoms with Gasteiger partial charge in [-0.3, -0.25) is 9.59 Å². The molecule has 5 nitrogen and oxygen atoms in total. The van der Waals surface area contributed by atoms with Gasteiger partial charge in [0.1, 0.15) is 11.6 Å². The lowest BCUT2D eigenvalue weighted by atomic mass is 10.1. The molecule has 192 valence electrons. The molecule has 0 fully saturated rings. The Hall–Kier alpha value is -3.32. The minimum atomic E-state index is -0.363. The summed E-state index contributed by atoms with van der Waals surface area (Å²) >= 11 is 0. The van der Waals surface area contributed by atoms with Crippen molar-refractivity contribution in [2.45, 2.75) is 40.5 Å². The number of allylic oxidation sites excluding steroid dienone is 2. The summed E-state index contributed by atoms with van der Waals surface area (Å²) in [7, 11) is 0. The Labute approximate surface area is 208 Å². The van der Waals surface area contributed by atoms with E-state index in [2.05, 4.69) is 19.2 Å². The molecule has 0 saturated carbocycles. The second-order valence-electron chi connectivity index (χ2n) is 7.36. The molecule has 7 heteroatoms. The van der Waals surface area contributed by atoms with Crippen LogP contribution < -0.4 is 5.32 Å². The van der Waals surface area contributed by atoms with Gasteiger partial charge in [-0.25, -0.2) is 8.78 Å². The number of nitrogens with zero attached hydrogens (tertiary/aromatic N) is 1. The second-order valence-corrected chi connectivity index (χ2v) is 7.36. The van der Waals surface area contributed by atoms with Crippen molar-refractivity contribution in [1.29, 1.82) is 0 Å². The average molecular weight is 489 g/mol. The molecule has 0 aliphatic heterocycles. The maximum absolute atomic E-state index is 12.9. The van der Waals surface area contributed by atoms with Gasteiger partial charge >= 0.3 is 0 Å². The van der Waals surface area contributed by atoms with Crippen molar-refractivity contribution in [3.05, 3.63) is 95.9 Å². The highest BCUT2D eigenvalue weighted by atomic mass is 19.1. The third-order valence-electron chi connectivity index (χ3n) is 4.58. The van der Waals surface area contributed by atoms with Crippen LogP contribution >= 0.6 is 0 Å². The summed E-state index contributed by atoms with van der Waals surface area (Å²) in [6, 6.07) is 12.0. The van der Waals surface area contributed by atoms with E-state index < -0.39 is 0 Å². The van der Waals surface area contributed by atoms with E-state index in [1.54, 1.807) is 36.5 Å². The second kappa shape index (κ2) is 20.1. The van der Waals surface area contributed by atoms with Crippen molar-refractivity contribution < 1.29 is 23.5 Å². The summed E-state index contributed by atoms with van der Waals surface area (Å²) in [5.74, 6) is -0.933. The summed E-state index contributed by atoms with van der Waals surface area (Å²) in [5.41, 5.74) is 1.31. The van der Waals surface area contributed by atoms with Gasteiger partial charge in [0, 0.05) is 38.2 Å². The van der Waals surface area contributed by atoms with Gasteiger partial charge in [0.15, 0.2) is 11.6 Å². The zero-order chi connectivity index (χ0) is 26.5. The van der Waals surface area contributed by atoms with E-state index in [4.69, 9.17) is 5.11 Å². The predicted molar refractivity (Wildman–Crippen MR) is 138 cm³/mol. The Morgan fingerprint density at radius 2 is 1.29 bits per heavy atom. The van der Waals surface area contributed by atoms with E-state index in [-0.39, 0.29) is 36.0 Å². The van der Waals surface area contributed by atoms with Crippen LogP contribution in [0.15, 0.2) is 73.1 Å². The third kappa shape index (κ3) is 16.9. The molecule has 2 N–H and O–H groups in total. The molecular weight excluding hydrogens is 450 g/mol. The maximum Gasteiger partial charge on any atom is 0.163 e. The molecule has 0 aromatic heterocycles. The number of benzene rings is 2. The largest absolute Gasteiger partial charge is 0.515 e. The zero-order valence-corrected chi connectivity index (χ0v) is 21.1. The Balaban J connectivity index is 0.000000567. The number of carbonyl (C=O) groups excluding carboxylic acids is 2. The first-order valence-electron chi connectivity index (χ1n) is 11.8. The van der Waals surface area contributed by atoms with Crippen LogP contribution in [0.25, 0.3) is 0 Å². The minimum Gasteiger partial charge on any atom is -0.515 e. The van der Waals surface area contributed by atoms with Crippen molar-refractivity contribution in [2.24, 2.45) is 0 Å². The molecule has 0 amide bonds. The normalized spacial score (nSPS) is 10.3. The molecule has 0 saturated heterocycles. The Kier molecular flexibility index (Phi) is 18.2. The van der Waals surface area contributed by atoms with Crippen molar-refractivity contribution in [1.82, 2.24) is 10.2 Å². The summed E-state index contributed by atoms with van der Waals surface area (Å²) in [5, 5.41) is 11.4. The van der Waals surface area contributed by atoms with Gasteiger partial charge in [-0.05, 0) is 68.4 Å². The molecule has 0 bridgehead atoms. The third-order valence-corrected chi connectivity index (χ3v) is 4.58. The van der Waals surface area contributed by atoms with Crippen LogP contribution in [0.5, 0.6) is 0 Å². The van der Waals surface area contributed by atoms with Crippen LogP contribution in [0, 0.1) is 11.6 Å². The zero-order valence-electron chi connectivity index (χ0n) is 21.1. The van der Waals surface area contributed by atoms with Crippen LogP contribution in [0.2, 0.25) is 0 Å². The predicted octanol–water partition coefficient (Wildman–Crippen LogP) is 5.42. The average Bonchev–Trinajstić information content (AvgIpc) is 2.81. The van der Waals surface area contributed by atoms with Crippen molar-refractivity contribution in [2.75, 3.05) is 26.2 Å². The van der Waals surface area contributed by atoms with E-state index in [0.29, 0.717) is 17.4 Å². The highest BCUT2D eigenvalue weighted by molar-refractivity contribution is 5.91. The highest BCUT2D eigenvalue weighted by Gasteiger charge is 2.02.